The third-order valence-corrected chi connectivity index (χ3v) is 11.6. The van der Waals surface area contributed by atoms with Crippen LogP contribution < -0.4 is 0 Å². The molecule has 0 unspecified atom stereocenters. The van der Waals surface area contributed by atoms with Crippen molar-refractivity contribution in [2.24, 2.45) is 0 Å². The van der Waals surface area contributed by atoms with Crippen molar-refractivity contribution in [2.45, 2.75) is 0 Å². The molecule has 5 heteroatoms. The molecule has 0 fully saturated rings. The van der Waals surface area contributed by atoms with Crippen molar-refractivity contribution < 1.29 is 0 Å². The fourth-order valence-electron chi connectivity index (χ4n) is 7.93. The molecule has 3 heterocycles. The first-order chi connectivity index (χ1) is 26.8. The Morgan fingerprint density at radius 1 is 0.352 bits per heavy atom. The molecule has 0 aliphatic heterocycles. The number of thiophene rings is 1. The Morgan fingerprint density at radius 2 is 0.963 bits per heavy atom. The van der Waals surface area contributed by atoms with Crippen molar-refractivity contribution in [1.29, 1.82) is 0 Å². The molecule has 11 rings (SSSR count). The normalized spacial score (nSPS) is 11.7. The topological polar surface area (TPSA) is 43.6 Å². The molecule has 0 saturated heterocycles. The van der Waals surface area contributed by atoms with E-state index in [2.05, 4.69) is 126 Å². The predicted molar refractivity (Wildman–Crippen MR) is 226 cm³/mol. The summed E-state index contributed by atoms with van der Waals surface area (Å²) < 4.78 is 4.90. The molecule has 0 aliphatic rings. The maximum Gasteiger partial charge on any atom is 0.164 e. The zero-order valence-electron chi connectivity index (χ0n) is 29.0. The van der Waals surface area contributed by atoms with Crippen LogP contribution in [0.5, 0.6) is 0 Å². The van der Waals surface area contributed by atoms with Crippen LogP contribution in [0.1, 0.15) is 0 Å². The maximum atomic E-state index is 5.02. The van der Waals surface area contributed by atoms with Gasteiger partial charge in [-0.25, -0.2) is 15.0 Å². The van der Waals surface area contributed by atoms with Gasteiger partial charge in [-0.1, -0.05) is 146 Å². The standard InChI is InChI=1S/C49H30N4S/c1-4-13-31(14-5-1)35-25-27-40-39(29-35)45-37-20-11-10-15-32(37)24-28-42(45)53(40)41-21-12-22-43-46(41)38-26-23-36(30-44(38)54-43)49-51-47(33-16-6-2-7-17-33)50-48(52-49)34-18-8-3-9-19-34/h1-30H. The van der Waals surface area contributed by atoms with Gasteiger partial charge in [-0.15, -0.1) is 11.3 Å². The molecule has 0 aliphatic carbocycles. The quantitative estimate of drug-likeness (QED) is 0.179. The first-order valence-corrected chi connectivity index (χ1v) is 18.9. The molecule has 3 aromatic heterocycles. The lowest BCUT2D eigenvalue weighted by Gasteiger charge is -2.11. The molecule has 8 aromatic carbocycles. The molecule has 11 aromatic rings. The summed E-state index contributed by atoms with van der Waals surface area (Å²) in [5.41, 5.74) is 8.87. The largest absolute Gasteiger partial charge is 0.309 e. The van der Waals surface area contributed by atoms with Gasteiger partial charge in [0.2, 0.25) is 0 Å². The third-order valence-electron chi connectivity index (χ3n) is 10.4. The average Bonchev–Trinajstić information content (AvgIpc) is 3.80. The van der Waals surface area contributed by atoms with Gasteiger partial charge in [0.15, 0.2) is 17.5 Å². The van der Waals surface area contributed by atoms with Crippen molar-refractivity contribution in [3.05, 3.63) is 182 Å². The van der Waals surface area contributed by atoms with E-state index >= 15 is 0 Å². The minimum Gasteiger partial charge on any atom is -0.309 e. The Labute approximate surface area is 315 Å². The van der Waals surface area contributed by atoms with E-state index in [0.717, 1.165) is 16.7 Å². The number of hydrogen-bond acceptors (Lipinski definition) is 4. The molecular formula is C49H30N4S. The molecule has 252 valence electrons. The van der Waals surface area contributed by atoms with Crippen molar-refractivity contribution in [3.63, 3.8) is 0 Å². The van der Waals surface area contributed by atoms with E-state index < -0.39 is 0 Å². The van der Waals surface area contributed by atoms with E-state index in [1.165, 1.54) is 69.6 Å². The van der Waals surface area contributed by atoms with E-state index in [1.807, 2.05) is 72.0 Å². The van der Waals surface area contributed by atoms with Crippen LogP contribution in [-0.2, 0) is 0 Å². The third kappa shape index (κ3) is 4.94. The van der Waals surface area contributed by atoms with Crippen LogP contribution in [0.3, 0.4) is 0 Å². The van der Waals surface area contributed by atoms with Crippen molar-refractivity contribution in [1.82, 2.24) is 19.5 Å². The lowest BCUT2D eigenvalue weighted by molar-refractivity contribution is 1.07. The zero-order valence-corrected chi connectivity index (χ0v) is 29.8. The smallest absolute Gasteiger partial charge is 0.164 e. The highest BCUT2D eigenvalue weighted by Gasteiger charge is 2.20. The Balaban J connectivity index is 1.13. The Hall–Kier alpha value is -6.95. The van der Waals surface area contributed by atoms with Gasteiger partial charge in [0, 0.05) is 47.6 Å². The number of nitrogens with zero attached hydrogens (tertiary/aromatic N) is 4. The monoisotopic (exact) mass is 706 g/mol. The van der Waals surface area contributed by atoms with Gasteiger partial charge in [0.05, 0.1) is 16.7 Å². The van der Waals surface area contributed by atoms with Gasteiger partial charge >= 0.3 is 0 Å². The molecular weight excluding hydrogens is 677 g/mol. The molecule has 4 nitrogen and oxygen atoms in total. The minimum absolute atomic E-state index is 0.658. The van der Waals surface area contributed by atoms with Crippen LogP contribution in [0.4, 0.5) is 0 Å². The van der Waals surface area contributed by atoms with Gasteiger partial charge < -0.3 is 4.57 Å². The molecule has 0 radical (unpaired) electrons. The van der Waals surface area contributed by atoms with E-state index in [1.54, 1.807) is 0 Å². The van der Waals surface area contributed by atoms with Crippen molar-refractivity contribution >= 4 is 64.1 Å². The van der Waals surface area contributed by atoms with Crippen molar-refractivity contribution in [2.75, 3.05) is 0 Å². The highest BCUT2D eigenvalue weighted by molar-refractivity contribution is 7.26. The lowest BCUT2D eigenvalue weighted by Crippen LogP contribution is -2.00. The van der Waals surface area contributed by atoms with E-state index in [4.69, 9.17) is 15.0 Å². The summed E-state index contributed by atoms with van der Waals surface area (Å²) in [6.45, 7) is 0. The van der Waals surface area contributed by atoms with Crippen LogP contribution in [0.25, 0.3) is 104 Å². The summed E-state index contributed by atoms with van der Waals surface area (Å²) in [7, 11) is 0. The van der Waals surface area contributed by atoms with E-state index in [-0.39, 0.29) is 0 Å². The predicted octanol–water partition coefficient (Wildman–Crippen LogP) is 13.2. The molecule has 0 N–H and O–H groups in total. The lowest BCUT2D eigenvalue weighted by atomic mass is 10.0. The average molecular weight is 707 g/mol. The van der Waals surface area contributed by atoms with Crippen LogP contribution >= 0.6 is 11.3 Å². The minimum atomic E-state index is 0.658. The molecule has 0 saturated carbocycles. The Morgan fingerprint density at radius 3 is 1.69 bits per heavy atom. The van der Waals surface area contributed by atoms with Gasteiger partial charge in [0.25, 0.3) is 0 Å². The number of fused-ring (bicyclic) bond motifs is 8. The van der Waals surface area contributed by atoms with Crippen LogP contribution in [0.2, 0.25) is 0 Å². The van der Waals surface area contributed by atoms with E-state index in [9.17, 15) is 0 Å². The highest BCUT2D eigenvalue weighted by Crippen LogP contribution is 2.44. The molecule has 0 amide bonds. The summed E-state index contributed by atoms with van der Waals surface area (Å²) in [6, 6.07) is 64.5. The number of rotatable bonds is 5. The second kappa shape index (κ2) is 12.3. The van der Waals surface area contributed by atoms with Gasteiger partial charge in [-0.2, -0.15) is 0 Å². The fourth-order valence-corrected chi connectivity index (χ4v) is 9.10. The SMILES string of the molecule is c1ccc(-c2ccc3c(c2)c2c4ccccc4ccc2n3-c2cccc3sc4cc(-c5nc(-c6ccccc6)nc(-c6ccccc6)n5)ccc4c23)cc1. The molecule has 0 spiro atoms. The molecule has 0 bridgehead atoms. The van der Waals surface area contributed by atoms with Gasteiger partial charge in [-0.3, -0.25) is 0 Å². The van der Waals surface area contributed by atoms with Gasteiger partial charge in [-0.05, 0) is 58.3 Å². The summed E-state index contributed by atoms with van der Waals surface area (Å²) in [5.74, 6) is 1.98. The fraction of sp³-hybridized carbons (Fsp3) is 0. The molecule has 0 atom stereocenters. The van der Waals surface area contributed by atoms with Crippen LogP contribution in [0, 0.1) is 0 Å². The second-order valence-corrected chi connectivity index (χ2v) is 14.7. The number of aromatic nitrogens is 4. The summed E-state index contributed by atoms with van der Waals surface area (Å²) >= 11 is 1.81. The van der Waals surface area contributed by atoms with Crippen molar-refractivity contribution in [3.8, 4) is 51.0 Å². The zero-order chi connectivity index (χ0) is 35.6. The van der Waals surface area contributed by atoms with Gasteiger partial charge in [0.1, 0.15) is 0 Å². The highest BCUT2D eigenvalue weighted by atomic mass is 32.1. The number of benzene rings is 8. The Kier molecular flexibility index (Phi) is 7.00. The second-order valence-electron chi connectivity index (χ2n) is 13.6. The summed E-state index contributed by atoms with van der Waals surface area (Å²) in [4.78, 5) is 14.9. The first kappa shape index (κ1) is 30.7. The summed E-state index contributed by atoms with van der Waals surface area (Å²) in [5, 5.41) is 7.49. The maximum absolute atomic E-state index is 5.02. The molecule has 54 heavy (non-hydrogen) atoms. The van der Waals surface area contributed by atoms with Crippen LogP contribution in [-0.4, -0.2) is 19.5 Å². The number of hydrogen-bond donors (Lipinski definition) is 0. The van der Waals surface area contributed by atoms with E-state index in [0.29, 0.717) is 17.5 Å². The summed E-state index contributed by atoms with van der Waals surface area (Å²) in [6.07, 6.45) is 0. The Bertz CT molecular complexity index is 3140. The van der Waals surface area contributed by atoms with Crippen LogP contribution in [0.15, 0.2) is 182 Å². The first-order valence-electron chi connectivity index (χ1n) is 18.1.